The molecule has 1 fully saturated rings. The minimum absolute atomic E-state index is 0.131. The van der Waals surface area contributed by atoms with Gasteiger partial charge in [0.15, 0.2) is 0 Å². The van der Waals surface area contributed by atoms with Gasteiger partial charge in [0, 0.05) is 41.4 Å². The van der Waals surface area contributed by atoms with Crippen molar-refractivity contribution < 1.29 is 14.3 Å². The number of benzene rings is 3. The normalized spacial score (nSPS) is 12.8. The smallest absolute Gasteiger partial charge is 0.255 e. The molecular formula is C27H30N4O3. The highest BCUT2D eigenvalue weighted by atomic mass is 16.5. The van der Waals surface area contributed by atoms with Gasteiger partial charge in [0.05, 0.1) is 13.2 Å². The molecule has 7 nitrogen and oxygen atoms in total. The fourth-order valence-electron chi connectivity index (χ4n) is 3.86. The van der Waals surface area contributed by atoms with Crippen LogP contribution < -0.4 is 25.6 Å². The molecule has 3 N–H and O–H groups in total. The van der Waals surface area contributed by atoms with E-state index in [9.17, 15) is 9.59 Å². The van der Waals surface area contributed by atoms with Crippen LogP contribution in [-0.4, -0.2) is 38.1 Å². The van der Waals surface area contributed by atoms with Crippen LogP contribution in [0.4, 0.5) is 22.7 Å². The summed E-state index contributed by atoms with van der Waals surface area (Å²) in [6, 6.07) is 22.2. The Morgan fingerprint density at radius 3 is 2.03 bits per heavy atom. The lowest BCUT2D eigenvalue weighted by molar-refractivity contribution is -0.114. The third kappa shape index (κ3) is 6.28. The van der Waals surface area contributed by atoms with E-state index in [1.54, 1.807) is 36.4 Å². The molecule has 7 heteroatoms. The molecule has 0 bridgehead atoms. The van der Waals surface area contributed by atoms with Gasteiger partial charge in [-0.05, 0) is 92.6 Å². The van der Waals surface area contributed by atoms with E-state index in [0.29, 0.717) is 17.9 Å². The van der Waals surface area contributed by atoms with E-state index in [1.165, 1.54) is 18.5 Å². The van der Waals surface area contributed by atoms with Crippen LogP contribution in [0.5, 0.6) is 5.75 Å². The van der Waals surface area contributed by atoms with E-state index in [0.717, 1.165) is 30.2 Å². The second-order valence-electron chi connectivity index (χ2n) is 8.13. The third-order valence-electron chi connectivity index (χ3n) is 5.65. The van der Waals surface area contributed by atoms with Gasteiger partial charge in [0.2, 0.25) is 5.91 Å². The van der Waals surface area contributed by atoms with E-state index < -0.39 is 0 Å². The summed E-state index contributed by atoms with van der Waals surface area (Å²) < 4.78 is 5.41. The van der Waals surface area contributed by atoms with Crippen molar-refractivity contribution >= 4 is 34.6 Å². The molecule has 0 spiro atoms. The van der Waals surface area contributed by atoms with Crippen LogP contribution in [0.2, 0.25) is 0 Å². The first kappa shape index (κ1) is 23.2. The predicted octanol–water partition coefficient (Wildman–Crippen LogP) is 4.99. The van der Waals surface area contributed by atoms with Gasteiger partial charge in [-0.3, -0.25) is 9.59 Å². The molecule has 1 saturated heterocycles. The number of nitrogens with one attached hydrogen (secondary N) is 3. The van der Waals surface area contributed by atoms with Gasteiger partial charge in [-0.15, -0.1) is 0 Å². The Bertz CT molecular complexity index is 1090. The number of nitrogens with zero attached hydrogens (tertiary/aromatic N) is 1. The maximum absolute atomic E-state index is 12.5. The molecule has 1 aliphatic rings. The van der Waals surface area contributed by atoms with Gasteiger partial charge in [0.25, 0.3) is 5.91 Å². The Morgan fingerprint density at radius 2 is 1.38 bits per heavy atom. The van der Waals surface area contributed by atoms with E-state index in [-0.39, 0.29) is 18.4 Å². The van der Waals surface area contributed by atoms with Gasteiger partial charge >= 0.3 is 0 Å². The Hall–Kier alpha value is -4.00. The van der Waals surface area contributed by atoms with Crippen molar-refractivity contribution in [3.8, 4) is 5.75 Å². The van der Waals surface area contributed by atoms with Crippen molar-refractivity contribution in [1.82, 2.24) is 0 Å². The summed E-state index contributed by atoms with van der Waals surface area (Å²) in [5, 5.41) is 8.86. The lowest BCUT2D eigenvalue weighted by Gasteiger charge is -2.17. The van der Waals surface area contributed by atoms with Crippen molar-refractivity contribution in [3.05, 3.63) is 78.4 Å². The van der Waals surface area contributed by atoms with Crippen molar-refractivity contribution in [2.24, 2.45) is 0 Å². The number of anilines is 4. The molecule has 3 aromatic rings. The summed E-state index contributed by atoms with van der Waals surface area (Å²) >= 11 is 0. The lowest BCUT2D eigenvalue weighted by Crippen LogP contribution is -2.22. The topological polar surface area (TPSA) is 82.7 Å². The summed E-state index contributed by atoms with van der Waals surface area (Å²) in [5.74, 6) is 0.427. The summed E-state index contributed by atoms with van der Waals surface area (Å²) in [5.41, 5.74) is 3.95. The highest BCUT2D eigenvalue weighted by Gasteiger charge is 2.12. The van der Waals surface area contributed by atoms with Crippen LogP contribution >= 0.6 is 0 Å². The van der Waals surface area contributed by atoms with E-state index in [4.69, 9.17) is 4.74 Å². The van der Waals surface area contributed by atoms with Gasteiger partial charge in [-0.25, -0.2) is 0 Å². The fraction of sp³-hybridized carbons (Fsp3) is 0.259. The maximum Gasteiger partial charge on any atom is 0.255 e. The lowest BCUT2D eigenvalue weighted by atomic mass is 10.2. The Balaban J connectivity index is 1.23. The van der Waals surface area contributed by atoms with Crippen molar-refractivity contribution in [2.45, 2.75) is 19.8 Å². The molecule has 34 heavy (non-hydrogen) atoms. The quantitative estimate of drug-likeness (QED) is 0.421. The van der Waals surface area contributed by atoms with Gasteiger partial charge < -0.3 is 25.6 Å². The zero-order valence-corrected chi connectivity index (χ0v) is 19.3. The minimum atomic E-state index is -0.203. The summed E-state index contributed by atoms with van der Waals surface area (Å²) in [6.45, 7) is 4.84. The summed E-state index contributed by atoms with van der Waals surface area (Å²) in [4.78, 5) is 27.2. The minimum Gasteiger partial charge on any atom is -0.494 e. The number of hydrogen-bond donors (Lipinski definition) is 3. The second kappa shape index (κ2) is 11.2. The van der Waals surface area contributed by atoms with Crippen molar-refractivity contribution in [3.63, 3.8) is 0 Å². The predicted molar refractivity (Wildman–Crippen MR) is 137 cm³/mol. The van der Waals surface area contributed by atoms with Crippen LogP contribution in [0.3, 0.4) is 0 Å². The molecule has 0 radical (unpaired) electrons. The van der Waals surface area contributed by atoms with Crippen LogP contribution in [0.25, 0.3) is 0 Å². The average Bonchev–Trinajstić information content (AvgIpc) is 3.40. The summed E-state index contributed by atoms with van der Waals surface area (Å²) in [6.07, 6.45) is 2.47. The molecule has 1 heterocycles. The van der Waals surface area contributed by atoms with E-state index >= 15 is 0 Å². The third-order valence-corrected chi connectivity index (χ3v) is 5.65. The Morgan fingerprint density at radius 1 is 0.794 bits per heavy atom. The van der Waals surface area contributed by atoms with Gasteiger partial charge in [-0.1, -0.05) is 0 Å². The van der Waals surface area contributed by atoms with Crippen LogP contribution in [-0.2, 0) is 4.79 Å². The molecule has 3 aromatic carbocycles. The number of carbonyl (C=O) groups is 2. The first-order valence-corrected chi connectivity index (χ1v) is 11.6. The zero-order chi connectivity index (χ0) is 23.8. The number of carbonyl (C=O) groups excluding carboxylic acids is 2. The molecule has 0 aliphatic carbocycles. The van der Waals surface area contributed by atoms with E-state index in [2.05, 4.69) is 20.9 Å². The Labute approximate surface area is 200 Å². The fourth-order valence-corrected chi connectivity index (χ4v) is 3.86. The second-order valence-corrected chi connectivity index (χ2v) is 8.13. The van der Waals surface area contributed by atoms with Gasteiger partial charge in [0.1, 0.15) is 5.75 Å². The molecule has 2 amide bonds. The highest BCUT2D eigenvalue weighted by molar-refractivity contribution is 6.04. The van der Waals surface area contributed by atoms with Crippen LogP contribution in [0, 0.1) is 0 Å². The van der Waals surface area contributed by atoms with Crippen LogP contribution in [0.15, 0.2) is 72.8 Å². The monoisotopic (exact) mass is 458 g/mol. The Kier molecular flexibility index (Phi) is 7.65. The van der Waals surface area contributed by atoms with Crippen molar-refractivity contribution in [2.75, 3.05) is 47.1 Å². The SMILES string of the molecule is CCOc1ccc(NC(=O)c2ccc(NCC(=O)Nc3ccc(N4CCCC4)cc3)cc2)cc1. The number of amides is 2. The summed E-state index contributed by atoms with van der Waals surface area (Å²) in [7, 11) is 0. The standard InChI is InChI=1S/C27H30N4O3/c1-2-34-25-15-11-23(12-16-25)30-27(33)20-5-7-21(8-6-20)28-19-26(32)29-22-9-13-24(14-10-22)31-17-3-4-18-31/h5-16,28H,2-4,17-19H2,1H3,(H,29,32)(H,30,33). The van der Waals surface area contributed by atoms with Crippen molar-refractivity contribution in [1.29, 1.82) is 0 Å². The zero-order valence-electron chi connectivity index (χ0n) is 19.3. The molecule has 0 saturated carbocycles. The molecule has 176 valence electrons. The number of rotatable bonds is 9. The number of hydrogen-bond acceptors (Lipinski definition) is 5. The maximum atomic E-state index is 12.5. The molecular weight excluding hydrogens is 428 g/mol. The molecule has 0 atom stereocenters. The molecule has 1 aliphatic heterocycles. The first-order chi connectivity index (χ1) is 16.6. The highest BCUT2D eigenvalue weighted by Crippen LogP contribution is 2.22. The molecule has 0 aromatic heterocycles. The largest absolute Gasteiger partial charge is 0.494 e. The number of ether oxygens (including phenoxy) is 1. The van der Waals surface area contributed by atoms with E-state index in [1.807, 2.05) is 43.3 Å². The molecule has 0 unspecified atom stereocenters. The molecule has 4 rings (SSSR count). The first-order valence-electron chi connectivity index (χ1n) is 11.6. The van der Waals surface area contributed by atoms with Gasteiger partial charge in [-0.2, -0.15) is 0 Å². The average molecular weight is 459 g/mol. The van der Waals surface area contributed by atoms with Crippen LogP contribution in [0.1, 0.15) is 30.1 Å².